The number of aromatic carboxylic acids is 1. The first-order valence-corrected chi connectivity index (χ1v) is 10.9. The Morgan fingerprint density at radius 1 is 1.09 bits per heavy atom. The van der Waals surface area contributed by atoms with Gasteiger partial charge in [0.05, 0.1) is 5.56 Å². The smallest absolute Gasteiger partial charge is 0.337 e. The van der Waals surface area contributed by atoms with Gasteiger partial charge in [0.15, 0.2) is 0 Å². The van der Waals surface area contributed by atoms with Crippen molar-refractivity contribution in [2.75, 3.05) is 0 Å². The molecule has 6 nitrogen and oxygen atoms in total. The molecular formula is C24H28F2N4O2. The molecule has 170 valence electrons. The monoisotopic (exact) mass is 442 g/mol. The van der Waals surface area contributed by atoms with Crippen LogP contribution in [-0.4, -0.2) is 30.8 Å². The Bertz CT molecular complexity index is 1050. The van der Waals surface area contributed by atoms with E-state index in [1.807, 2.05) is 24.3 Å². The van der Waals surface area contributed by atoms with Crippen molar-refractivity contribution in [1.82, 2.24) is 19.7 Å². The molecule has 0 atom stereocenters. The summed E-state index contributed by atoms with van der Waals surface area (Å²) in [6, 6.07) is 9.01. The Morgan fingerprint density at radius 2 is 1.84 bits per heavy atom. The Balaban J connectivity index is 1.86. The van der Waals surface area contributed by atoms with Crippen molar-refractivity contribution < 1.29 is 18.7 Å². The Morgan fingerprint density at radius 3 is 2.50 bits per heavy atom. The zero-order valence-corrected chi connectivity index (χ0v) is 18.4. The molecule has 2 heterocycles. The highest BCUT2D eigenvalue weighted by Crippen LogP contribution is 2.31. The fraction of sp³-hybridized carbons (Fsp3) is 0.417. The van der Waals surface area contributed by atoms with E-state index in [2.05, 4.69) is 22.0 Å². The number of alkyl halides is 2. The van der Waals surface area contributed by atoms with Gasteiger partial charge in [-0.25, -0.2) is 14.5 Å². The summed E-state index contributed by atoms with van der Waals surface area (Å²) in [6.45, 7) is 4.35. The molecule has 0 saturated carbocycles. The van der Waals surface area contributed by atoms with Gasteiger partial charge in [0.25, 0.3) is 0 Å². The molecule has 2 aromatic heterocycles. The quantitative estimate of drug-likeness (QED) is 0.385. The summed E-state index contributed by atoms with van der Waals surface area (Å²) >= 11 is 0. The van der Waals surface area contributed by atoms with Gasteiger partial charge in [-0.2, -0.15) is 8.78 Å². The molecule has 0 amide bonds. The lowest BCUT2D eigenvalue weighted by Gasteiger charge is -2.10. The molecule has 0 saturated heterocycles. The Labute approximate surface area is 186 Å². The van der Waals surface area contributed by atoms with E-state index < -0.39 is 17.7 Å². The van der Waals surface area contributed by atoms with E-state index >= 15 is 0 Å². The summed E-state index contributed by atoms with van der Waals surface area (Å²) < 4.78 is 30.5. The maximum absolute atomic E-state index is 14.4. The number of carboxylic acid groups (broad SMARTS) is 1. The average Bonchev–Trinajstić information content (AvgIpc) is 3.18. The molecule has 8 heteroatoms. The lowest BCUT2D eigenvalue weighted by molar-refractivity contribution is -0.0232. The predicted octanol–water partition coefficient (Wildman–Crippen LogP) is 5.71. The van der Waals surface area contributed by atoms with Crippen LogP contribution in [0.25, 0.3) is 11.1 Å². The largest absolute Gasteiger partial charge is 0.478 e. The van der Waals surface area contributed by atoms with Crippen LogP contribution in [0.2, 0.25) is 0 Å². The van der Waals surface area contributed by atoms with Gasteiger partial charge >= 0.3 is 11.9 Å². The molecule has 3 rings (SSSR count). The van der Waals surface area contributed by atoms with Crippen molar-refractivity contribution in [3.05, 3.63) is 65.5 Å². The zero-order valence-electron chi connectivity index (χ0n) is 18.4. The molecule has 1 aromatic carbocycles. The van der Waals surface area contributed by atoms with Crippen LogP contribution >= 0.6 is 0 Å². The second-order valence-electron chi connectivity index (χ2n) is 7.84. The number of unbranched alkanes of at least 4 members (excludes halogenated alkanes) is 2. The molecular weight excluding hydrogens is 414 g/mol. The van der Waals surface area contributed by atoms with Gasteiger partial charge in [-0.05, 0) is 35.6 Å². The molecule has 0 unspecified atom stereocenters. The molecule has 0 fully saturated rings. The number of halogens is 2. The van der Waals surface area contributed by atoms with E-state index in [1.165, 1.54) is 6.20 Å². The fourth-order valence-corrected chi connectivity index (χ4v) is 3.58. The average molecular weight is 443 g/mol. The van der Waals surface area contributed by atoms with Crippen LogP contribution in [0.1, 0.15) is 73.5 Å². The molecule has 0 radical (unpaired) electrons. The summed E-state index contributed by atoms with van der Waals surface area (Å²) in [4.78, 5) is 19.5. The summed E-state index contributed by atoms with van der Waals surface area (Å²) in [5.41, 5.74) is 2.32. The first kappa shape index (κ1) is 23.5. The fourth-order valence-electron chi connectivity index (χ4n) is 3.58. The lowest BCUT2D eigenvalue weighted by Crippen LogP contribution is -2.15. The number of hydrogen-bond acceptors (Lipinski definition) is 4. The molecule has 0 aliphatic carbocycles. The molecule has 32 heavy (non-hydrogen) atoms. The van der Waals surface area contributed by atoms with Crippen molar-refractivity contribution in [2.24, 2.45) is 0 Å². The number of benzene rings is 1. The minimum Gasteiger partial charge on any atom is -0.478 e. The standard InChI is InChI=1S/C24H28F2N4O2/c1-3-5-6-14-30-21(28-23(29-30)24(25,26)12-4-2)15-17-7-9-18(10-8-17)19-11-13-27-16-20(19)22(31)32/h7-11,13,16H,3-6,12,14-15H2,1-2H3,(H,31,32). The summed E-state index contributed by atoms with van der Waals surface area (Å²) in [6.07, 6.45) is 6.17. The first-order valence-electron chi connectivity index (χ1n) is 10.9. The lowest BCUT2D eigenvalue weighted by atomic mass is 10.00. The van der Waals surface area contributed by atoms with Crippen molar-refractivity contribution >= 4 is 5.97 Å². The van der Waals surface area contributed by atoms with Gasteiger partial charge in [-0.3, -0.25) is 4.98 Å². The maximum atomic E-state index is 14.4. The number of pyridine rings is 1. The van der Waals surface area contributed by atoms with Crippen LogP contribution in [-0.2, 0) is 18.9 Å². The number of aromatic nitrogens is 4. The molecule has 0 spiro atoms. The van der Waals surface area contributed by atoms with E-state index in [0.717, 1.165) is 30.4 Å². The summed E-state index contributed by atoms with van der Waals surface area (Å²) in [5.74, 6) is -3.99. The van der Waals surface area contributed by atoms with Gasteiger partial charge in [-0.15, -0.1) is 5.10 Å². The summed E-state index contributed by atoms with van der Waals surface area (Å²) in [7, 11) is 0. The molecule has 0 bridgehead atoms. The number of carboxylic acids is 1. The Hall–Kier alpha value is -3.16. The third kappa shape index (κ3) is 5.55. The van der Waals surface area contributed by atoms with E-state index in [9.17, 15) is 18.7 Å². The molecule has 0 aliphatic rings. The van der Waals surface area contributed by atoms with Crippen molar-refractivity contribution in [2.45, 2.75) is 64.8 Å². The second-order valence-corrected chi connectivity index (χ2v) is 7.84. The topological polar surface area (TPSA) is 80.9 Å². The number of carbonyl (C=O) groups is 1. The van der Waals surface area contributed by atoms with Crippen LogP contribution in [0, 0.1) is 0 Å². The molecule has 0 aliphatic heterocycles. The highest BCUT2D eigenvalue weighted by atomic mass is 19.3. The van der Waals surface area contributed by atoms with Gasteiger partial charge in [0.2, 0.25) is 5.82 Å². The van der Waals surface area contributed by atoms with Crippen LogP contribution < -0.4 is 0 Å². The van der Waals surface area contributed by atoms with Crippen LogP contribution in [0.4, 0.5) is 8.78 Å². The van der Waals surface area contributed by atoms with Crippen LogP contribution in [0.3, 0.4) is 0 Å². The van der Waals surface area contributed by atoms with Crippen molar-refractivity contribution in [1.29, 1.82) is 0 Å². The third-order valence-electron chi connectivity index (χ3n) is 5.29. The number of aryl methyl sites for hydroxylation is 1. The predicted molar refractivity (Wildman–Crippen MR) is 118 cm³/mol. The van der Waals surface area contributed by atoms with E-state index in [-0.39, 0.29) is 12.0 Å². The number of nitrogens with zero attached hydrogens (tertiary/aromatic N) is 4. The normalized spacial score (nSPS) is 11.6. The van der Waals surface area contributed by atoms with E-state index in [1.54, 1.807) is 23.9 Å². The van der Waals surface area contributed by atoms with Gasteiger partial charge in [0.1, 0.15) is 5.82 Å². The highest BCUT2D eigenvalue weighted by molar-refractivity contribution is 5.95. The zero-order chi connectivity index (χ0) is 23.1. The maximum Gasteiger partial charge on any atom is 0.337 e. The van der Waals surface area contributed by atoms with Gasteiger partial charge in [-0.1, -0.05) is 51.0 Å². The molecule has 1 N–H and O–H groups in total. The van der Waals surface area contributed by atoms with Gasteiger partial charge < -0.3 is 5.11 Å². The first-order chi connectivity index (χ1) is 15.4. The van der Waals surface area contributed by atoms with Crippen LogP contribution in [0.15, 0.2) is 42.7 Å². The third-order valence-corrected chi connectivity index (χ3v) is 5.29. The Kier molecular flexibility index (Phi) is 7.66. The van der Waals surface area contributed by atoms with Crippen molar-refractivity contribution in [3.8, 4) is 11.1 Å². The minimum atomic E-state index is -3.04. The van der Waals surface area contributed by atoms with Crippen molar-refractivity contribution in [3.63, 3.8) is 0 Å². The SMILES string of the molecule is CCCCCn1nc(C(F)(F)CCC)nc1Cc1ccc(-c2ccncc2C(=O)O)cc1. The second kappa shape index (κ2) is 10.4. The number of rotatable bonds is 11. The minimum absolute atomic E-state index is 0.124. The summed E-state index contributed by atoms with van der Waals surface area (Å²) in [5, 5.41) is 13.5. The number of hydrogen-bond donors (Lipinski definition) is 1. The van der Waals surface area contributed by atoms with Gasteiger partial charge in [0, 0.05) is 31.8 Å². The van der Waals surface area contributed by atoms with E-state index in [0.29, 0.717) is 30.8 Å². The molecule has 3 aromatic rings. The van der Waals surface area contributed by atoms with Crippen LogP contribution in [0.5, 0.6) is 0 Å². The highest BCUT2D eigenvalue weighted by Gasteiger charge is 2.36. The van der Waals surface area contributed by atoms with E-state index in [4.69, 9.17) is 0 Å².